The molecule has 0 N–H and O–H groups in total. The van der Waals surface area contributed by atoms with E-state index in [0.29, 0.717) is 0 Å². The summed E-state index contributed by atoms with van der Waals surface area (Å²) in [6.45, 7) is 1.99. The minimum atomic E-state index is -0.511. The minimum absolute atomic E-state index is 0.256. The van der Waals surface area contributed by atoms with Crippen LogP contribution in [0, 0.1) is 0 Å². The van der Waals surface area contributed by atoms with E-state index in [2.05, 4.69) is 12.0 Å². The Morgan fingerprint density at radius 2 is 2.10 bits per heavy atom. The number of carbonyl (C=O) groups is 1. The Labute approximate surface area is 118 Å². The van der Waals surface area contributed by atoms with Crippen LogP contribution in [0.2, 0.25) is 6.82 Å². The molecule has 1 aromatic heterocycles. The maximum absolute atomic E-state index is 12.1. The first-order valence-corrected chi connectivity index (χ1v) is 6.34. The number of nitrogens with zero attached hydrogens (tertiary/aromatic N) is 1. The van der Waals surface area contributed by atoms with Gasteiger partial charge in [0.1, 0.15) is 7.28 Å². The van der Waals surface area contributed by atoms with Crippen molar-refractivity contribution in [1.82, 2.24) is 4.57 Å². The second-order valence-electron chi connectivity index (χ2n) is 4.40. The molecule has 0 fully saturated rings. The number of aromatic nitrogens is 1. The summed E-state index contributed by atoms with van der Waals surface area (Å²) >= 11 is 0. The normalized spacial score (nSPS) is 10.1. The summed E-state index contributed by atoms with van der Waals surface area (Å²) in [5.74, 6) is -0.511. The van der Waals surface area contributed by atoms with E-state index in [1.54, 1.807) is 12.3 Å². The summed E-state index contributed by atoms with van der Waals surface area (Å²) in [5.41, 5.74) is 1.91. The second-order valence-corrected chi connectivity index (χ2v) is 4.40. The molecule has 0 saturated heterocycles. The quantitative estimate of drug-likeness (QED) is 0.628. The van der Waals surface area contributed by atoms with E-state index in [1.807, 2.05) is 31.1 Å². The Balaban J connectivity index is 2.41. The van der Waals surface area contributed by atoms with Crippen molar-refractivity contribution in [3.8, 4) is 5.69 Å². The van der Waals surface area contributed by atoms with Crippen LogP contribution >= 0.6 is 0 Å². The molecule has 20 heavy (non-hydrogen) atoms. The number of methoxy groups -OCH3 is 1. The van der Waals surface area contributed by atoms with Crippen molar-refractivity contribution in [2.75, 3.05) is 7.11 Å². The average Bonchev–Trinajstić information content (AvgIpc) is 2.47. The Kier molecular flexibility index (Phi) is 4.40. The van der Waals surface area contributed by atoms with Crippen molar-refractivity contribution in [2.24, 2.45) is 0 Å². The lowest BCUT2D eigenvalue weighted by atomic mass is 9.75. The molecule has 0 aliphatic rings. The van der Waals surface area contributed by atoms with Crippen molar-refractivity contribution in [3.63, 3.8) is 0 Å². The maximum Gasteiger partial charge on any atom is 0.338 e. The fourth-order valence-corrected chi connectivity index (χ4v) is 2.01. The third-order valence-corrected chi connectivity index (χ3v) is 2.97. The van der Waals surface area contributed by atoms with E-state index >= 15 is 0 Å². The fraction of sp³-hybridized carbons (Fsp3) is 0.200. The van der Waals surface area contributed by atoms with Crippen molar-refractivity contribution in [2.45, 2.75) is 13.1 Å². The molecule has 0 bridgehead atoms. The summed E-state index contributed by atoms with van der Waals surface area (Å²) in [4.78, 5) is 23.5. The first kappa shape index (κ1) is 14.1. The summed E-state index contributed by atoms with van der Waals surface area (Å²) < 4.78 is 6.10. The van der Waals surface area contributed by atoms with Crippen molar-refractivity contribution in [3.05, 3.63) is 64.1 Å². The van der Waals surface area contributed by atoms with Crippen LogP contribution in [-0.4, -0.2) is 24.9 Å². The van der Waals surface area contributed by atoms with Crippen LogP contribution in [0.25, 0.3) is 5.69 Å². The number of ether oxygens (including phenoxy) is 1. The van der Waals surface area contributed by atoms with Gasteiger partial charge in [0.2, 0.25) is 0 Å². The molecule has 2 aromatic rings. The van der Waals surface area contributed by atoms with Crippen molar-refractivity contribution < 1.29 is 9.53 Å². The van der Waals surface area contributed by atoms with Crippen molar-refractivity contribution in [1.29, 1.82) is 0 Å². The third-order valence-electron chi connectivity index (χ3n) is 2.97. The number of hydrogen-bond acceptors (Lipinski definition) is 3. The summed E-state index contributed by atoms with van der Waals surface area (Å²) in [6, 6.07) is 10.6. The van der Waals surface area contributed by atoms with Gasteiger partial charge < -0.3 is 4.74 Å². The number of hydrogen-bond donors (Lipinski definition) is 0. The number of esters is 1. The zero-order valence-corrected chi connectivity index (χ0v) is 11.5. The monoisotopic (exact) mass is 268 g/mol. The molecule has 1 aromatic carbocycles. The van der Waals surface area contributed by atoms with Crippen LogP contribution in [-0.2, 0) is 11.1 Å². The molecular formula is C15H15BNO3. The molecule has 0 unspecified atom stereocenters. The average molecular weight is 268 g/mol. The van der Waals surface area contributed by atoms with Gasteiger partial charge in [-0.3, -0.25) is 9.36 Å². The van der Waals surface area contributed by atoms with E-state index < -0.39 is 5.97 Å². The smallest absolute Gasteiger partial charge is 0.338 e. The number of pyridine rings is 1. The van der Waals surface area contributed by atoms with E-state index in [-0.39, 0.29) is 11.1 Å². The highest BCUT2D eigenvalue weighted by atomic mass is 16.5. The van der Waals surface area contributed by atoms with Crippen LogP contribution in [0.4, 0.5) is 0 Å². The Bertz CT molecular complexity index is 679. The summed E-state index contributed by atoms with van der Waals surface area (Å²) in [7, 11) is 3.35. The highest BCUT2D eigenvalue weighted by molar-refractivity contribution is 6.32. The van der Waals surface area contributed by atoms with E-state index in [1.165, 1.54) is 17.7 Å². The molecule has 0 spiro atoms. The number of benzene rings is 1. The zero-order chi connectivity index (χ0) is 14.5. The summed E-state index contributed by atoms with van der Waals surface area (Å²) in [5, 5.41) is 0. The number of rotatable bonds is 4. The lowest BCUT2D eigenvalue weighted by Crippen LogP contribution is -2.19. The van der Waals surface area contributed by atoms with Crippen LogP contribution < -0.4 is 5.56 Å². The Morgan fingerprint density at radius 1 is 1.30 bits per heavy atom. The van der Waals surface area contributed by atoms with Gasteiger partial charge in [0.15, 0.2) is 0 Å². The zero-order valence-electron chi connectivity index (χ0n) is 11.5. The van der Waals surface area contributed by atoms with E-state index in [4.69, 9.17) is 0 Å². The van der Waals surface area contributed by atoms with E-state index in [9.17, 15) is 9.59 Å². The maximum atomic E-state index is 12.1. The molecule has 4 nitrogen and oxygen atoms in total. The van der Waals surface area contributed by atoms with Gasteiger partial charge in [-0.15, -0.1) is 0 Å². The molecule has 0 atom stereocenters. The predicted octanol–water partition coefficient (Wildman–Crippen LogP) is 1.88. The first-order valence-electron chi connectivity index (χ1n) is 6.34. The second kappa shape index (κ2) is 6.24. The Morgan fingerprint density at radius 3 is 2.75 bits per heavy atom. The predicted molar refractivity (Wildman–Crippen MR) is 78.7 cm³/mol. The third kappa shape index (κ3) is 2.99. The SMILES string of the molecule is C[B]Cc1cccc(-n2ccc(C(=O)OC)cc2=O)c1. The van der Waals surface area contributed by atoms with Crippen LogP contribution in [0.15, 0.2) is 47.4 Å². The highest BCUT2D eigenvalue weighted by Gasteiger charge is 2.08. The molecule has 0 amide bonds. The van der Waals surface area contributed by atoms with Crippen LogP contribution in [0.3, 0.4) is 0 Å². The number of carbonyl (C=O) groups excluding carboxylic acids is 1. The van der Waals surface area contributed by atoms with E-state index in [0.717, 1.165) is 17.6 Å². The van der Waals surface area contributed by atoms with Gasteiger partial charge in [-0.05, 0) is 18.2 Å². The van der Waals surface area contributed by atoms with Crippen LogP contribution in [0.5, 0.6) is 0 Å². The highest BCUT2D eigenvalue weighted by Crippen LogP contribution is 2.10. The van der Waals surface area contributed by atoms with Gasteiger partial charge in [-0.1, -0.05) is 30.8 Å². The van der Waals surface area contributed by atoms with Crippen LogP contribution in [0.1, 0.15) is 15.9 Å². The molecule has 1 heterocycles. The topological polar surface area (TPSA) is 48.3 Å². The Hall–Kier alpha value is -2.30. The largest absolute Gasteiger partial charge is 0.465 e. The van der Waals surface area contributed by atoms with Gasteiger partial charge >= 0.3 is 5.97 Å². The van der Waals surface area contributed by atoms with Gasteiger partial charge in [0.05, 0.1) is 12.7 Å². The molecular weight excluding hydrogens is 253 g/mol. The fourth-order valence-electron chi connectivity index (χ4n) is 2.01. The first-order chi connectivity index (χ1) is 9.65. The standard InChI is InChI=1S/C15H15BNO3/c1-16-10-11-4-3-5-13(8-11)17-7-6-12(9-14(17)18)15(19)20-2/h3-9H,10H2,1-2H3. The van der Waals surface area contributed by atoms with Gasteiger partial charge in [0, 0.05) is 18.0 Å². The molecule has 2 rings (SSSR count). The van der Waals surface area contributed by atoms with Gasteiger partial charge in [0.25, 0.3) is 5.56 Å². The summed E-state index contributed by atoms with van der Waals surface area (Å²) in [6.07, 6.45) is 2.44. The molecule has 1 radical (unpaired) electrons. The molecule has 0 saturated carbocycles. The van der Waals surface area contributed by atoms with Crippen molar-refractivity contribution >= 4 is 13.2 Å². The lowest BCUT2D eigenvalue weighted by molar-refractivity contribution is 0.0600. The van der Waals surface area contributed by atoms with Gasteiger partial charge in [-0.2, -0.15) is 0 Å². The molecule has 0 aliphatic carbocycles. The molecule has 101 valence electrons. The lowest BCUT2D eigenvalue weighted by Gasteiger charge is -2.08. The molecule has 5 heteroatoms. The minimum Gasteiger partial charge on any atom is -0.465 e. The molecule has 0 aliphatic heterocycles. The van der Waals surface area contributed by atoms with Gasteiger partial charge in [-0.25, -0.2) is 4.79 Å².